The maximum absolute atomic E-state index is 13.6. The summed E-state index contributed by atoms with van der Waals surface area (Å²) in [6.07, 6.45) is 6.62. The number of hydrogen-bond donors (Lipinski definition) is 0. The summed E-state index contributed by atoms with van der Waals surface area (Å²) in [7, 11) is 0. The van der Waals surface area contributed by atoms with Crippen LogP contribution >= 0.6 is 0 Å². The van der Waals surface area contributed by atoms with Crippen LogP contribution in [0.4, 0.5) is 13.2 Å². The van der Waals surface area contributed by atoms with Crippen molar-refractivity contribution in [2.24, 2.45) is 11.8 Å². The van der Waals surface area contributed by atoms with E-state index < -0.39 is 35.4 Å². The third-order valence-electron chi connectivity index (χ3n) is 7.39. The van der Waals surface area contributed by atoms with Crippen LogP contribution in [0.2, 0.25) is 0 Å². The Bertz CT molecular complexity index is 955. The van der Waals surface area contributed by atoms with E-state index in [0.29, 0.717) is 17.4 Å². The van der Waals surface area contributed by atoms with Crippen molar-refractivity contribution < 1.29 is 41.8 Å². The standard InChI is InChI=1S/C28H35F3O6/c1-17(2)28(34)36-14-13-35-25(32)11-12-26(33)37-22-9-7-19(8-10-22)18-3-5-20(6-4-18)21-15-23(29)27(31)24(30)16-21/h15-16,18-20,22H,1,3-14H2,2H3. The number of benzene rings is 1. The second kappa shape index (κ2) is 13.6. The smallest absolute Gasteiger partial charge is 0.333 e. The van der Waals surface area contributed by atoms with Gasteiger partial charge in [0.25, 0.3) is 0 Å². The maximum atomic E-state index is 13.6. The van der Waals surface area contributed by atoms with Gasteiger partial charge in [0.2, 0.25) is 0 Å². The van der Waals surface area contributed by atoms with E-state index in [1.54, 1.807) is 0 Å². The van der Waals surface area contributed by atoms with E-state index in [1.165, 1.54) is 6.92 Å². The summed E-state index contributed by atoms with van der Waals surface area (Å²) < 4.78 is 55.7. The highest BCUT2D eigenvalue weighted by molar-refractivity contribution is 5.86. The number of hydrogen-bond acceptors (Lipinski definition) is 6. The largest absolute Gasteiger partial charge is 0.462 e. The molecule has 0 unspecified atom stereocenters. The van der Waals surface area contributed by atoms with Crippen LogP contribution in [0.5, 0.6) is 0 Å². The SMILES string of the molecule is C=C(C)C(=O)OCCOC(=O)CCC(=O)OC1CCC(C2CCC(c3cc(F)c(F)c(F)c3)CC2)CC1. The number of halogens is 3. The van der Waals surface area contributed by atoms with Crippen molar-refractivity contribution in [3.8, 4) is 0 Å². The van der Waals surface area contributed by atoms with Gasteiger partial charge in [-0.2, -0.15) is 0 Å². The highest BCUT2D eigenvalue weighted by Crippen LogP contribution is 2.43. The predicted octanol–water partition coefficient (Wildman–Crippen LogP) is 5.92. The molecule has 0 N–H and O–H groups in total. The van der Waals surface area contributed by atoms with Gasteiger partial charge in [-0.3, -0.25) is 9.59 Å². The first kappa shape index (κ1) is 28.7. The quantitative estimate of drug-likeness (QED) is 0.124. The lowest BCUT2D eigenvalue weighted by atomic mass is 9.69. The molecule has 204 valence electrons. The Hall–Kier alpha value is -2.84. The van der Waals surface area contributed by atoms with Crippen molar-refractivity contribution in [3.63, 3.8) is 0 Å². The number of rotatable bonds is 10. The fourth-order valence-corrected chi connectivity index (χ4v) is 5.35. The molecule has 6 nitrogen and oxygen atoms in total. The molecule has 0 atom stereocenters. The zero-order valence-corrected chi connectivity index (χ0v) is 21.2. The molecule has 9 heteroatoms. The zero-order chi connectivity index (χ0) is 26.9. The minimum Gasteiger partial charge on any atom is -0.462 e. The van der Waals surface area contributed by atoms with E-state index in [1.807, 2.05) is 0 Å². The van der Waals surface area contributed by atoms with Gasteiger partial charge in [-0.15, -0.1) is 0 Å². The summed E-state index contributed by atoms with van der Waals surface area (Å²) in [5, 5.41) is 0. The minimum atomic E-state index is -1.42. The van der Waals surface area contributed by atoms with Crippen LogP contribution < -0.4 is 0 Å². The Kier molecular flexibility index (Phi) is 10.6. The molecule has 0 spiro atoms. The van der Waals surface area contributed by atoms with Gasteiger partial charge < -0.3 is 14.2 Å². The zero-order valence-electron chi connectivity index (χ0n) is 21.2. The van der Waals surface area contributed by atoms with Gasteiger partial charge in [-0.1, -0.05) is 6.58 Å². The number of carbonyl (C=O) groups is 3. The summed E-state index contributed by atoms with van der Waals surface area (Å²) >= 11 is 0. The Morgan fingerprint density at radius 3 is 1.89 bits per heavy atom. The molecule has 1 aromatic rings. The molecule has 0 amide bonds. The number of esters is 3. The van der Waals surface area contributed by atoms with Crippen molar-refractivity contribution in [2.75, 3.05) is 13.2 Å². The Labute approximate surface area is 215 Å². The topological polar surface area (TPSA) is 78.9 Å². The van der Waals surface area contributed by atoms with E-state index in [2.05, 4.69) is 6.58 Å². The van der Waals surface area contributed by atoms with E-state index in [0.717, 1.165) is 63.5 Å². The minimum absolute atomic E-state index is 0.0381. The summed E-state index contributed by atoms with van der Waals surface area (Å²) in [4.78, 5) is 35.1. The highest BCUT2D eigenvalue weighted by atomic mass is 19.2. The second-order valence-electron chi connectivity index (χ2n) is 10.1. The molecule has 0 heterocycles. The second-order valence-corrected chi connectivity index (χ2v) is 10.1. The fraction of sp³-hybridized carbons (Fsp3) is 0.607. The average molecular weight is 525 g/mol. The van der Waals surface area contributed by atoms with Crippen LogP contribution in [0.3, 0.4) is 0 Å². The van der Waals surface area contributed by atoms with Crippen LogP contribution in [0, 0.1) is 29.3 Å². The third-order valence-corrected chi connectivity index (χ3v) is 7.39. The van der Waals surface area contributed by atoms with Crippen molar-refractivity contribution >= 4 is 17.9 Å². The van der Waals surface area contributed by atoms with Crippen LogP contribution in [0.15, 0.2) is 24.3 Å². The van der Waals surface area contributed by atoms with E-state index in [4.69, 9.17) is 14.2 Å². The molecule has 0 aromatic heterocycles. The van der Waals surface area contributed by atoms with Gasteiger partial charge in [0, 0.05) is 5.57 Å². The molecule has 0 bridgehead atoms. The van der Waals surface area contributed by atoms with Crippen LogP contribution in [0.25, 0.3) is 0 Å². The molecule has 2 aliphatic carbocycles. The van der Waals surface area contributed by atoms with E-state index in [-0.39, 0.29) is 43.7 Å². The van der Waals surface area contributed by atoms with Gasteiger partial charge >= 0.3 is 17.9 Å². The summed E-state index contributed by atoms with van der Waals surface area (Å²) in [6, 6.07) is 2.23. The molecule has 1 aromatic carbocycles. The molecule has 37 heavy (non-hydrogen) atoms. The van der Waals surface area contributed by atoms with Crippen molar-refractivity contribution in [2.45, 2.75) is 83.2 Å². The molecule has 2 saturated carbocycles. The average Bonchev–Trinajstić information content (AvgIpc) is 2.88. The first-order valence-corrected chi connectivity index (χ1v) is 13.0. The molecule has 0 radical (unpaired) electrons. The van der Waals surface area contributed by atoms with Crippen molar-refractivity contribution in [3.05, 3.63) is 47.3 Å². The normalized spacial score (nSPS) is 23.7. The molecule has 2 fully saturated rings. The lowest BCUT2D eigenvalue weighted by Crippen LogP contribution is -2.29. The number of carbonyl (C=O) groups excluding carboxylic acids is 3. The fourth-order valence-electron chi connectivity index (χ4n) is 5.35. The van der Waals surface area contributed by atoms with Gasteiger partial charge in [0.1, 0.15) is 19.3 Å². The van der Waals surface area contributed by atoms with Crippen molar-refractivity contribution in [1.29, 1.82) is 0 Å². The van der Waals surface area contributed by atoms with Crippen LogP contribution in [0.1, 0.15) is 82.6 Å². The first-order valence-electron chi connectivity index (χ1n) is 13.0. The lowest BCUT2D eigenvalue weighted by Gasteiger charge is -2.37. The van der Waals surface area contributed by atoms with Crippen LogP contribution in [-0.2, 0) is 28.6 Å². The molecular formula is C28H35F3O6. The summed E-state index contributed by atoms with van der Waals surface area (Å²) in [5.74, 6) is -4.17. The van der Waals surface area contributed by atoms with E-state index >= 15 is 0 Å². The van der Waals surface area contributed by atoms with Gasteiger partial charge in [-0.25, -0.2) is 18.0 Å². The first-order chi connectivity index (χ1) is 17.6. The monoisotopic (exact) mass is 524 g/mol. The predicted molar refractivity (Wildman–Crippen MR) is 129 cm³/mol. The molecule has 0 aliphatic heterocycles. The maximum Gasteiger partial charge on any atom is 0.333 e. The summed E-state index contributed by atoms with van der Waals surface area (Å²) in [6.45, 7) is 4.81. The van der Waals surface area contributed by atoms with Gasteiger partial charge in [0.05, 0.1) is 12.8 Å². The molecular weight excluding hydrogens is 489 g/mol. The van der Waals surface area contributed by atoms with Crippen LogP contribution in [-0.4, -0.2) is 37.2 Å². The molecule has 2 aliphatic rings. The van der Waals surface area contributed by atoms with Crippen molar-refractivity contribution in [1.82, 2.24) is 0 Å². The number of ether oxygens (including phenoxy) is 3. The Balaban J connectivity index is 1.30. The lowest BCUT2D eigenvalue weighted by molar-refractivity contribution is -0.156. The Morgan fingerprint density at radius 2 is 1.32 bits per heavy atom. The molecule has 0 saturated heterocycles. The molecule has 3 rings (SSSR count). The van der Waals surface area contributed by atoms with Gasteiger partial charge in [-0.05, 0) is 93.7 Å². The van der Waals surface area contributed by atoms with Gasteiger partial charge in [0.15, 0.2) is 17.5 Å². The summed E-state index contributed by atoms with van der Waals surface area (Å²) in [5.41, 5.74) is 0.786. The Morgan fingerprint density at radius 1 is 0.811 bits per heavy atom. The third kappa shape index (κ3) is 8.61. The van der Waals surface area contributed by atoms with E-state index in [9.17, 15) is 27.6 Å². The highest BCUT2D eigenvalue weighted by Gasteiger charge is 2.32.